The van der Waals surface area contributed by atoms with E-state index in [9.17, 15) is 13.6 Å². The molecule has 43 heavy (non-hydrogen) atoms. The molecule has 0 aliphatic carbocycles. The third kappa shape index (κ3) is 5.71. The van der Waals surface area contributed by atoms with Crippen LogP contribution in [0.4, 0.5) is 13.6 Å². The number of hydrogen-bond acceptors (Lipinski definition) is 5. The molecule has 1 fully saturated rings. The third-order valence-electron chi connectivity index (χ3n) is 7.70. The van der Waals surface area contributed by atoms with E-state index >= 15 is 0 Å². The van der Waals surface area contributed by atoms with E-state index in [4.69, 9.17) is 14.8 Å². The molecule has 7 nitrogen and oxygen atoms in total. The van der Waals surface area contributed by atoms with Crippen LogP contribution in [0.1, 0.15) is 45.3 Å². The highest BCUT2D eigenvalue weighted by Crippen LogP contribution is 2.45. The second kappa shape index (κ2) is 11.2. The van der Waals surface area contributed by atoms with Gasteiger partial charge in [0, 0.05) is 42.2 Å². The van der Waals surface area contributed by atoms with Gasteiger partial charge in [-0.15, -0.1) is 0 Å². The lowest BCUT2D eigenvalue weighted by molar-refractivity contribution is 0.0186. The molecule has 3 aromatic heterocycles. The molecule has 1 aliphatic rings. The number of nitrogens with zero attached hydrogens (tertiary/aromatic N) is 5. The lowest BCUT2D eigenvalue weighted by Crippen LogP contribution is -2.42. The van der Waals surface area contributed by atoms with Crippen molar-refractivity contribution in [2.75, 3.05) is 13.1 Å². The zero-order chi connectivity index (χ0) is 30.3. The Labute approximate surface area is 249 Å². The summed E-state index contributed by atoms with van der Waals surface area (Å²) in [4.78, 5) is 23.9. The first-order valence-electron chi connectivity index (χ1n) is 14.4. The Bertz CT molecular complexity index is 1770. The molecule has 0 spiro atoms. The van der Waals surface area contributed by atoms with E-state index < -0.39 is 5.60 Å². The van der Waals surface area contributed by atoms with Crippen LogP contribution in [0, 0.1) is 18.6 Å². The predicted octanol–water partition coefficient (Wildman–Crippen LogP) is 7.99. The number of ether oxygens (including phenoxy) is 1. The number of pyridine rings is 2. The van der Waals surface area contributed by atoms with Crippen LogP contribution in [0.5, 0.6) is 0 Å². The molecule has 1 saturated heterocycles. The molecular weight excluding hydrogens is 548 g/mol. The van der Waals surface area contributed by atoms with Gasteiger partial charge in [0.25, 0.3) is 0 Å². The SMILES string of the molecule is Cc1nn(C2CCN(C(=O)OC(C)(C)C)CC2)c2nc(-c3ccc(F)cc3)c(-c3ccncc3)c(-c3ccc(F)cc3)c12. The minimum Gasteiger partial charge on any atom is -0.444 e. The zero-order valence-corrected chi connectivity index (χ0v) is 24.6. The number of carbonyl (C=O) groups excluding carboxylic acids is 1. The van der Waals surface area contributed by atoms with Gasteiger partial charge in [-0.1, -0.05) is 12.1 Å². The second-order valence-electron chi connectivity index (χ2n) is 11.9. The number of piperidine rings is 1. The van der Waals surface area contributed by atoms with Crippen LogP contribution in [0.15, 0.2) is 73.1 Å². The summed E-state index contributed by atoms with van der Waals surface area (Å²) < 4.78 is 35.7. The van der Waals surface area contributed by atoms with Gasteiger partial charge in [0.15, 0.2) is 5.65 Å². The average molecular weight is 582 g/mol. The number of benzene rings is 2. The summed E-state index contributed by atoms with van der Waals surface area (Å²) in [5.41, 5.74) is 5.69. The van der Waals surface area contributed by atoms with Gasteiger partial charge in [-0.3, -0.25) is 4.98 Å². The largest absolute Gasteiger partial charge is 0.444 e. The molecule has 220 valence electrons. The molecule has 6 rings (SSSR count). The van der Waals surface area contributed by atoms with Crippen molar-refractivity contribution in [3.63, 3.8) is 0 Å². The van der Waals surface area contributed by atoms with Crippen molar-refractivity contribution in [1.82, 2.24) is 24.6 Å². The van der Waals surface area contributed by atoms with Gasteiger partial charge in [-0.2, -0.15) is 5.10 Å². The molecule has 5 aromatic rings. The topological polar surface area (TPSA) is 73.1 Å². The molecular formula is C34H33F2N5O2. The van der Waals surface area contributed by atoms with Gasteiger partial charge in [-0.25, -0.2) is 23.2 Å². The minimum absolute atomic E-state index is 0.00343. The highest BCUT2D eigenvalue weighted by Gasteiger charge is 2.31. The van der Waals surface area contributed by atoms with Crippen molar-refractivity contribution < 1.29 is 18.3 Å². The Balaban J connectivity index is 1.54. The molecule has 0 radical (unpaired) electrons. The first-order chi connectivity index (χ1) is 20.6. The molecule has 1 amide bonds. The number of carbonyl (C=O) groups is 1. The van der Waals surface area contributed by atoms with Crippen LogP contribution in [-0.2, 0) is 4.74 Å². The van der Waals surface area contributed by atoms with E-state index in [1.807, 2.05) is 44.5 Å². The average Bonchev–Trinajstić information content (AvgIpc) is 3.32. The monoisotopic (exact) mass is 581 g/mol. The molecule has 0 atom stereocenters. The summed E-state index contributed by atoms with van der Waals surface area (Å²) in [6.07, 6.45) is 4.49. The lowest BCUT2D eigenvalue weighted by Gasteiger charge is -2.33. The molecule has 0 bridgehead atoms. The van der Waals surface area contributed by atoms with E-state index in [2.05, 4.69) is 4.98 Å². The Morgan fingerprint density at radius 2 is 1.40 bits per heavy atom. The number of aryl methyl sites for hydroxylation is 1. The van der Waals surface area contributed by atoms with Crippen LogP contribution >= 0.6 is 0 Å². The fourth-order valence-corrected chi connectivity index (χ4v) is 5.74. The van der Waals surface area contributed by atoms with E-state index in [-0.39, 0.29) is 23.8 Å². The molecule has 4 heterocycles. The van der Waals surface area contributed by atoms with Crippen molar-refractivity contribution in [2.24, 2.45) is 0 Å². The fourth-order valence-electron chi connectivity index (χ4n) is 5.74. The van der Waals surface area contributed by atoms with Crippen LogP contribution in [0.25, 0.3) is 44.5 Å². The summed E-state index contributed by atoms with van der Waals surface area (Å²) in [6.45, 7) is 8.60. The van der Waals surface area contributed by atoms with E-state index in [0.29, 0.717) is 37.3 Å². The molecule has 9 heteroatoms. The van der Waals surface area contributed by atoms with Crippen molar-refractivity contribution >= 4 is 17.1 Å². The zero-order valence-electron chi connectivity index (χ0n) is 24.6. The number of halogens is 2. The first-order valence-corrected chi connectivity index (χ1v) is 14.4. The maximum atomic E-state index is 14.1. The lowest BCUT2D eigenvalue weighted by atomic mass is 9.89. The fraction of sp³-hybridized carbons (Fsp3) is 0.294. The molecule has 0 saturated carbocycles. The second-order valence-corrected chi connectivity index (χ2v) is 11.9. The number of fused-ring (bicyclic) bond motifs is 1. The van der Waals surface area contributed by atoms with E-state index in [1.165, 1.54) is 24.3 Å². The van der Waals surface area contributed by atoms with Gasteiger partial charge >= 0.3 is 6.09 Å². The van der Waals surface area contributed by atoms with Crippen LogP contribution < -0.4 is 0 Å². The van der Waals surface area contributed by atoms with Crippen LogP contribution in [0.3, 0.4) is 0 Å². The molecule has 0 N–H and O–H groups in total. The van der Waals surface area contributed by atoms with Gasteiger partial charge in [0.05, 0.1) is 22.8 Å². The summed E-state index contributed by atoms with van der Waals surface area (Å²) in [5.74, 6) is -0.672. The number of aromatic nitrogens is 4. The standard InChI is InChI=1S/C34H33F2N5O2/c1-21-28-29(22-5-9-25(35)10-6-22)30(23-13-17-37-18-14-23)31(24-7-11-26(36)12-8-24)38-32(28)41(39-21)27-15-19-40(20-16-27)33(42)43-34(2,3)4/h5-14,17-18,27H,15-16,19-20H2,1-4H3. The summed E-state index contributed by atoms with van der Waals surface area (Å²) in [7, 11) is 0. The van der Waals surface area contributed by atoms with E-state index in [1.54, 1.807) is 41.6 Å². The maximum absolute atomic E-state index is 14.1. The number of rotatable bonds is 4. The van der Waals surface area contributed by atoms with Crippen molar-refractivity contribution in [3.05, 3.63) is 90.4 Å². The highest BCUT2D eigenvalue weighted by molar-refractivity contribution is 6.07. The van der Waals surface area contributed by atoms with Gasteiger partial charge in [-0.05, 0) is 100 Å². The summed E-state index contributed by atoms with van der Waals surface area (Å²) in [5, 5.41) is 5.86. The van der Waals surface area contributed by atoms with Crippen molar-refractivity contribution in [1.29, 1.82) is 0 Å². The smallest absolute Gasteiger partial charge is 0.410 e. The van der Waals surface area contributed by atoms with Gasteiger partial charge in [0.1, 0.15) is 17.2 Å². The van der Waals surface area contributed by atoms with Gasteiger partial charge < -0.3 is 9.64 Å². The minimum atomic E-state index is -0.562. The Hall–Kier alpha value is -4.66. The Kier molecular flexibility index (Phi) is 7.42. The summed E-state index contributed by atoms with van der Waals surface area (Å²) >= 11 is 0. The molecule has 1 aliphatic heterocycles. The quantitative estimate of drug-likeness (QED) is 0.215. The van der Waals surface area contributed by atoms with Crippen molar-refractivity contribution in [2.45, 2.75) is 52.2 Å². The maximum Gasteiger partial charge on any atom is 0.410 e. The van der Waals surface area contributed by atoms with E-state index in [0.717, 1.165) is 38.9 Å². The number of amides is 1. The third-order valence-corrected chi connectivity index (χ3v) is 7.70. The number of hydrogen-bond donors (Lipinski definition) is 0. The highest BCUT2D eigenvalue weighted by atomic mass is 19.1. The molecule has 0 unspecified atom stereocenters. The summed E-state index contributed by atoms with van der Waals surface area (Å²) in [6, 6.07) is 16.5. The van der Waals surface area contributed by atoms with Crippen LogP contribution in [-0.4, -0.2) is 49.4 Å². The predicted molar refractivity (Wildman–Crippen MR) is 162 cm³/mol. The van der Waals surface area contributed by atoms with Crippen LogP contribution in [0.2, 0.25) is 0 Å². The van der Waals surface area contributed by atoms with Crippen molar-refractivity contribution in [3.8, 4) is 33.5 Å². The Morgan fingerprint density at radius 1 is 0.837 bits per heavy atom. The molecule has 2 aromatic carbocycles. The number of likely N-dealkylation sites (tertiary alicyclic amines) is 1. The normalized spacial score (nSPS) is 14.3. The first kappa shape index (κ1) is 28.5. The van der Waals surface area contributed by atoms with Gasteiger partial charge in [0.2, 0.25) is 0 Å². The Morgan fingerprint density at radius 3 is 1.98 bits per heavy atom.